The number of likely N-dealkylation sites (tertiary alicyclic amines) is 1. The molecule has 2 N–H and O–H groups in total. The smallest absolute Gasteiger partial charge is 0.272 e. The zero-order valence-electron chi connectivity index (χ0n) is 17.5. The molecule has 30 heavy (non-hydrogen) atoms. The topological polar surface area (TPSA) is 96.2 Å². The van der Waals surface area contributed by atoms with E-state index in [9.17, 15) is 9.90 Å². The van der Waals surface area contributed by atoms with Crippen LogP contribution in [-0.4, -0.2) is 54.9 Å². The van der Waals surface area contributed by atoms with Gasteiger partial charge in [0.05, 0.1) is 18.3 Å². The molecular weight excluding hydrogens is 380 g/mol. The number of nitrogens with one attached hydrogen (secondary N) is 1. The summed E-state index contributed by atoms with van der Waals surface area (Å²) in [5, 5.41) is 17.3. The van der Waals surface area contributed by atoms with Crippen molar-refractivity contribution < 1.29 is 9.90 Å². The molecule has 1 aliphatic rings. The molecule has 156 valence electrons. The fourth-order valence-electron chi connectivity index (χ4n) is 3.97. The highest BCUT2D eigenvalue weighted by atomic mass is 16.3. The highest BCUT2D eigenvalue weighted by molar-refractivity contribution is 5.94. The van der Waals surface area contributed by atoms with Gasteiger partial charge in [0.1, 0.15) is 11.4 Å². The SMILES string of the molecule is Cc1cc(C)cc(Nc2nccc(-c3cc(C(=O)N4CCC[C@H]4CO)n(C)n3)n2)c1. The normalized spacial score (nSPS) is 16.1. The Hall–Kier alpha value is -3.26. The van der Waals surface area contributed by atoms with Crippen LogP contribution in [0, 0.1) is 13.8 Å². The van der Waals surface area contributed by atoms with E-state index in [0.717, 1.165) is 29.7 Å². The molecule has 1 fully saturated rings. The van der Waals surface area contributed by atoms with Gasteiger partial charge in [-0.1, -0.05) is 6.07 Å². The van der Waals surface area contributed by atoms with Crippen molar-refractivity contribution in [2.45, 2.75) is 32.7 Å². The molecule has 1 amide bonds. The van der Waals surface area contributed by atoms with Crippen molar-refractivity contribution in [3.05, 3.63) is 53.3 Å². The van der Waals surface area contributed by atoms with Gasteiger partial charge in [-0.15, -0.1) is 0 Å². The maximum absolute atomic E-state index is 13.0. The number of amides is 1. The van der Waals surface area contributed by atoms with Crippen LogP contribution in [0.2, 0.25) is 0 Å². The molecule has 3 aromatic rings. The second-order valence-corrected chi connectivity index (χ2v) is 7.78. The highest BCUT2D eigenvalue weighted by Gasteiger charge is 2.30. The van der Waals surface area contributed by atoms with E-state index < -0.39 is 0 Å². The first-order chi connectivity index (χ1) is 14.4. The number of rotatable bonds is 5. The van der Waals surface area contributed by atoms with Crippen molar-refractivity contribution in [2.75, 3.05) is 18.5 Å². The summed E-state index contributed by atoms with van der Waals surface area (Å²) in [5.41, 5.74) is 4.95. The average molecular weight is 406 g/mol. The molecule has 2 aromatic heterocycles. The van der Waals surface area contributed by atoms with E-state index in [1.54, 1.807) is 35.0 Å². The van der Waals surface area contributed by atoms with Gasteiger partial charge >= 0.3 is 0 Å². The standard InChI is InChI=1S/C22H26N6O2/c1-14-9-15(2)11-16(10-14)24-22-23-7-6-18(25-22)19-12-20(27(3)26-19)21(30)28-8-4-5-17(28)13-29/h6-7,9-12,17,29H,4-5,8,13H2,1-3H3,(H,23,24,25)/t17-/m0/s1. The van der Waals surface area contributed by atoms with Gasteiger partial charge in [0.15, 0.2) is 0 Å². The van der Waals surface area contributed by atoms with E-state index in [4.69, 9.17) is 0 Å². The van der Waals surface area contributed by atoms with E-state index in [2.05, 4.69) is 26.4 Å². The van der Waals surface area contributed by atoms with Gasteiger partial charge in [0.25, 0.3) is 5.91 Å². The number of nitrogens with zero attached hydrogens (tertiary/aromatic N) is 5. The zero-order chi connectivity index (χ0) is 21.3. The number of hydrogen-bond acceptors (Lipinski definition) is 6. The van der Waals surface area contributed by atoms with Gasteiger partial charge in [-0.25, -0.2) is 9.97 Å². The minimum Gasteiger partial charge on any atom is -0.394 e. The molecule has 0 unspecified atom stereocenters. The van der Waals surface area contributed by atoms with E-state index >= 15 is 0 Å². The second-order valence-electron chi connectivity index (χ2n) is 7.78. The largest absolute Gasteiger partial charge is 0.394 e. The summed E-state index contributed by atoms with van der Waals surface area (Å²) in [6.45, 7) is 4.73. The Morgan fingerprint density at radius 2 is 1.97 bits per heavy atom. The van der Waals surface area contributed by atoms with Gasteiger partial charge < -0.3 is 15.3 Å². The number of aliphatic hydroxyl groups excluding tert-OH is 1. The molecule has 1 aromatic carbocycles. The number of hydrogen-bond donors (Lipinski definition) is 2. The van der Waals surface area contributed by atoms with Crippen molar-refractivity contribution in [1.82, 2.24) is 24.6 Å². The predicted octanol–water partition coefficient (Wildman–Crippen LogP) is 2.83. The predicted molar refractivity (Wildman–Crippen MR) is 115 cm³/mol. The minimum absolute atomic E-state index is 0.0180. The first-order valence-electron chi connectivity index (χ1n) is 10.1. The second kappa shape index (κ2) is 8.23. The maximum Gasteiger partial charge on any atom is 0.272 e. The van der Waals surface area contributed by atoms with Crippen LogP contribution in [0.25, 0.3) is 11.4 Å². The lowest BCUT2D eigenvalue weighted by Gasteiger charge is -2.22. The fourth-order valence-corrected chi connectivity index (χ4v) is 3.97. The van der Waals surface area contributed by atoms with Crippen LogP contribution in [0.5, 0.6) is 0 Å². The summed E-state index contributed by atoms with van der Waals surface area (Å²) >= 11 is 0. The molecule has 8 nitrogen and oxygen atoms in total. The summed E-state index contributed by atoms with van der Waals surface area (Å²) < 4.78 is 1.57. The Labute approximate surface area is 175 Å². The fraction of sp³-hybridized carbons (Fsp3) is 0.364. The van der Waals surface area contributed by atoms with Gasteiger partial charge in [0.2, 0.25) is 5.95 Å². The molecule has 3 heterocycles. The van der Waals surface area contributed by atoms with Crippen LogP contribution < -0.4 is 5.32 Å². The molecule has 1 saturated heterocycles. The number of aryl methyl sites for hydroxylation is 3. The molecule has 0 bridgehead atoms. The molecule has 0 saturated carbocycles. The third kappa shape index (κ3) is 4.04. The number of aliphatic hydroxyl groups is 1. The number of carbonyl (C=O) groups excluding carboxylic acids is 1. The first-order valence-corrected chi connectivity index (χ1v) is 10.1. The molecule has 1 aliphatic heterocycles. The summed E-state index contributed by atoms with van der Waals surface area (Å²) in [6, 6.07) is 9.58. The molecule has 0 spiro atoms. The molecular formula is C22H26N6O2. The van der Waals surface area contributed by atoms with Crippen LogP contribution in [-0.2, 0) is 7.05 Å². The third-order valence-corrected chi connectivity index (χ3v) is 5.34. The summed E-state index contributed by atoms with van der Waals surface area (Å²) in [5.74, 6) is 0.353. The maximum atomic E-state index is 13.0. The molecule has 8 heteroatoms. The Morgan fingerprint density at radius 1 is 1.20 bits per heavy atom. The van der Waals surface area contributed by atoms with Crippen molar-refractivity contribution in [3.63, 3.8) is 0 Å². The van der Waals surface area contributed by atoms with E-state index in [-0.39, 0.29) is 18.6 Å². The molecule has 4 rings (SSSR count). The Bertz CT molecular complexity index is 1060. The Balaban J connectivity index is 1.58. The van der Waals surface area contributed by atoms with Gasteiger partial charge in [-0.2, -0.15) is 5.10 Å². The first kappa shape index (κ1) is 20.0. The van der Waals surface area contributed by atoms with Crippen LogP contribution in [0.3, 0.4) is 0 Å². The van der Waals surface area contributed by atoms with E-state index in [1.165, 1.54) is 0 Å². The lowest BCUT2D eigenvalue weighted by atomic mass is 10.1. The van der Waals surface area contributed by atoms with E-state index in [0.29, 0.717) is 29.6 Å². The number of carbonyl (C=O) groups is 1. The number of benzene rings is 1. The molecule has 0 aliphatic carbocycles. The summed E-state index contributed by atoms with van der Waals surface area (Å²) in [4.78, 5) is 23.6. The zero-order valence-corrected chi connectivity index (χ0v) is 17.5. The average Bonchev–Trinajstić information content (AvgIpc) is 3.33. The Kier molecular flexibility index (Phi) is 5.50. The van der Waals surface area contributed by atoms with Crippen LogP contribution in [0.15, 0.2) is 36.5 Å². The van der Waals surface area contributed by atoms with E-state index in [1.807, 2.05) is 26.0 Å². The van der Waals surface area contributed by atoms with Gasteiger partial charge in [-0.05, 0) is 62.1 Å². The number of aromatic nitrogens is 4. The van der Waals surface area contributed by atoms with Crippen LogP contribution in [0.4, 0.5) is 11.6 Å². The van der Waals surface area contributed by atoms with Crippen molar-refractivity contribution in [1.29, 1.82) is 0 Å². The highest BCUT2D eigenvalue weighted by Crippen LogP contribution is 2.24. The third-order valence-electron chi connectivity index (χ3n) is 5.34. The molecule has 0 radical (unpaired) electrons. The monoisotopic (exact) mass is 406 g/mol. The Morgan fingerprint density at radius 3 is 2.70 bits per heavy atom. The summed E-state index contributed by atoms with van der Waals surface area (Å²) in [6.07, 6.45) is 3.40. The lowest BCUT2D eigenvalue weighted by molar-refractivity contribution is 0.0666. The van der Waals surface area contributed by atoms with Crippen molar-refractivity contribution >= 4 is 17.5 Å². The minimum atomic E-state index is -0.122. The number of anilines is 2. The quantitative estimate of drug-likeness (QED) is 0.676. The lowest BCUT2D eigenvalue weighted by Crippen LogP contribution is -2.38. The van der Waals surface area contributed by atoms with Crippen molar-refractivity contribution in [2.24, 2.45) is 7.05 Å². The van der Waals surface area contributed by atoms with Gasteiger partial charge in [0, 0.05) is 25.5 Å². The van der Waals surface area contributed by atoms with Gasteiger partial charge in [-0.3, -0.25) is 9.48 Å². The van der Waals surface area contributed by atoms with Crippen molar-refractivity contribution in [3.8, 4) is 11.4 Å². The summed E-state index contributed by atoms with van der Waals surface area (Å²) in [7, 11) is 1.75. The van der Waals surface area contributed by atoms with Crippen LogP contribution >= 0.6 is 0 Å². The molecule has 1 atom stereocenters. The van der Waals surface area contributed by atoms with Crippen LogP contribution in [0.1, 0.15) is 34.5 Å².